The van der Waals surface area contributed by atoms with Gasteiger partial charge in [-0.3, -0.25) is 10.1 Å². The molecule has 1 amide bonds. The standard InChI is InChI=1S/C16H31N3O/c1-4-7-10-14-16(20)19(15(5-2)17-14)13-9-8-11-18(6-3)12-13/h13-15,17H,4-12H2,1-3H3. The van der Waals surface area contributed by atoms with Gasteiger partial charge in [0.2, 0.25) is 5.91 Å². The van der Waals surface area contributed by atoms with Crippen LogP contribution in [0.3, 0.4) is 0 Å². The maximum absolute atomic E-state index is 12.7. The molecule has 0 bridgehead atoms. The van der Waals surface area contributed by atoms with Crippen molar-refractivity contribution in [2.75, 3.05) is 19.6 Å². The average Bonchev–Trinajstić information content (AvgIpc) is 2.81. The summed E-state index contributed by atoms with van der Waals surface area (Å²) in [5.74, 6) is 0.355. The van der Waals surface area contributed by atoms with Gasteiger partial charge in [-0.2, -0.15) is 0 Å². The molecule has 0 aromatic heterocycles. The number of likely N-dealkylation sites (N-methyl/N-ethyl adjacent to an activating group) is 1. The van der Waals surface area contributed by atoms with Gasteiger partial charge in [0.25, 0.3) is 0 Å². The fourth-order valence-electron chi connectivity index (χ4n) is 3.63. The molecule has 0 spiro atoms. The lowest BCUT2D eigenvalue weighted by atomic mass is 10.0. The monoisotopic (exact) mass is 281 g/mol. The van der Waals surface area contributed by atoms with Crippen LogP contribution in [0.25, 0.3) is 0 Å². The number of nitrogens with one attached hydrogen (secondary N) is 1. The van der Waals surface area contributed by atoms with E-state index in [2.05, 4.69) is 35.9 Å². The third-order valence-corrected chi connectivity index (χ3v) is 4.84. The summed E-state index contributed by atoms with van der Waals surface area (Å²) in [5, 5.41) is 3.56. The predicted octanol–water partition coefficient (Wildman–Crippen LogP) is 2.20. The number of carbonyl (C=O) groups is 1. The van der Waals surface area contributed by atoms with Gasteiger partial charge < -0.3 is 9.80 Å². The van der Waals surface area contributed by atoms with Gasteiger partial charge in [0.15, 0.2) is 0 Å². The van der Waals surface area contributed by atoms with Crippen LogP contribution in [0.5, 0.6) is 0 Å². The molecule has 1 N–H and O–H groups in total. The van der Waals surface area contributed by atoms with Crippen LogP contribution in [0.1, 0.15) is 59.3 Å². The Morgan fingerprint density at radius 1 is 1.30 bits per heavy atom. The summed E-state index contributed by atoms with van der Waals surface area (Å²) in [4.78, 5) is 17.4. The van der Waals surface area contributed by atoms with Crippen LogP contribution in [0.15, 0.2) is 0 Å². The molecule has 3 atom stereocenters. The summed E-state index contributed by atoms with van der Waals surface area (Å²) in [6, 6.07) is 0.483. The van der Waals surface area contributed by atoms with Crippen LogP contribution < -0.4 is 5.32 Å². The molecule has 2 heterocycles. The van der Waals surface area contributed by atoms with E-state index in [4.69, 9.17) is 0 Å². The zero-order valence-corrected chi connectivity index (χ0v) is 13.4. The molecule has 116 valence electrons. The summed E-state index contributed by atoms with van der Waals surface area (Å²) < 4.78 is 0. The van der Waals surface area contributed by atoms with Gasteiger partial charge in [0.05, 0.1) is 12.2 Å². The first-order valence-electron chi connectivity index (χ1n) is 8.51. The summed E-state index contributed by atoms with van der Waals surface area (Å²) in [5.41, 5.74) is 0. The van der Waals surface area contributed by atoms with Crippen molar-refractivity contribution in [3.8, 4) is 0 Å². The highest BCUT2D eigenvalue weighted by atomic mass is 16.2. The van der Waals surface area contributed by atoms with Crippen molar-refractivity contribution < 1.29 is 4.79 Å². The third kappa shape index (κ3) is 3.34. The number of hydrogen-bond acceptors (Lipinski definition) is 3. The van der Waals surface area contributed by atoms with E-state index in [9.17, 15) is 4.79 Å². The van der Waals surface area contributed by atoms with E-state index in [1.165, 1.54) is 19.4 Å². The molecular formula is C16H31N3O. The number of nitrogens with zero attached hydrogens (tertiary/aromatic N) is 2. The largest absolute Gasteiger partial charge is 0.322 e. The Kier molecular flexibility index (Phi) is 5.85. The van der Waals surface area contributed by atoms with Crippen molar-refractivity contribution in [1.29, 1.82) is 0 Å². The number of unbranched alkanes of at least 4 members (excludes halogenated alkanes) is 1. The zero-order valence-electron chi connectivity index (χ0n) is 13.4. The Labute approximate surface area is 123 Å². The molecule has 0 aliphatic carbocycles. The lowest BCUT2D eigenvalue weighted by molar-refractivity contribution is -0.133. The van der Waals surface area contributed by atoms with Crippen LogP contribution in [0.4, 0.5) is 0 Å². The van der Waals surface area contributed by atoms with E-state index in [-0.39, 0.29) is 12.2 Å². The van der Waals surface area contributed by atoms with Crippen molar-refractivity contribution in [2.24, 2.45) is 0 Å². The van der Waals surface area contributed by atoms with E-state index in [1.54, 1.807) is 0 Å². The fraction of sp³-hybridized carbons (Fsp3) is 0.938. The van der Waals surface area contributed by atoms with Crippen LogP contribution in [-0.4, -0.2) is 53.6 Å². The Hall–Kier alpha value is -0.610. The van der Waals surface area contributed by atoms with Gasteiger partial charge in [0.1, 0.15) is 0 Å². The van der Waals surface area contributed by atoms with Crippen LogP contribution >= 0.6 is 0 Å². The summed E-state index contributed by atoms with van der Waals surface area (Å²) >= 11 is 0. The second kappa shape index (κ2) is 7.41. The second-order valence-corrected chi connectivity index (χ2v) is 6.22. The van der Waals surface area contributed by atoms with E-state index in [0.29, 0.717) is 11.9 Å². The van der Waals surface area contributed by atoms with Crippen molar-refractivity contribution in [3.63, 3.8) is 0 Å². The molecule has 0 aromatic rings. The third-order valence-electron chi connectivity index (χ3n) is 4.84. The number of piperidine rings is 1. The summed E-state index contributed by atoms with van der Waals surface area (Å²) in [6.45, 7) is 9.94. The van der Waals surface area contributed by atoms with Gasteiger partial charge >= 0.3 is 0 Å². The SMILES string of the molecule is CCCCC1NC(CC)N(C2CCCN(CC)C2)C1=O. The highest BCUT2D eigenvalue weighted by molar-refractivity contribution is 5.84. The van der Waals surface area contributed by atoms with Crippen molar-refractivity contribution in [2.45, 2.75) is 77.5 Å². The van der Waals surface area contributed by atoms with Gasteiger partial charge in [0, 0.05) is 12.6 Å². The Morgan fingerprint density at radius 2 is 2.10 bits per heavy atom. The molecule has 2 saturated heterocycles. The smallest absolute Gasteiger partial charge is 0.241 e. The first-order chi connectivity index (χ1) is 9.71. The van der Waals surface area contributed by atoms with Crippen LogP contribution in [-0.2, 0) is 4.79 Å². The van der Waals surface area contributed by atoms with Crippen LogP contribution in [0.2, 0.25) is 0 Å². The Bertz CT molecular complexity index is 321. The van der Waals surface area contributed by atoms with E-state index in [1.807, 2.05) is 0 Å². The Morgan fingerprint density at radius 3 is 2.75 bits per heavy atom. The predicted molar refractivity (Wildman–Crippen MR) is 82.5 cm³/mol. The lowest BCUT2D eigenvalue weighted by Crippen LogP contribution is -2.52. The van der Waals surface area contributed by atoms with Gasteiger partial charge in [-0.1, -0.05) is 33.6 Å². The lowest BCUT2D eigenvalue weighted by Gasteiger charge is -2.39. The topological polar surface area (TPSA) is 35.6 Å². The number of amides is 1. The summed E-state index contributed by atoms with van der Waals surface area (Å²) in [7, 11) is 0. The first-order valence-corrected chi connectivity index (χ1v) is 8.51. The number of carbonyl (C=O) groups excluding carboxylic acids is 1. The molecule has 0 saturated carbocycles. The minimum Gasteiger partial charge on any atom is -0.322 e. The molecule has 0 radical (unpaired) electrons. The van der Waals surface area contributed by atoms with E-state index in [0.717, 1.165) is 38.8 Å². The van der Waals surface area contributed by atoms with E-state index >= 15 is 0 Å². The number of rotatable bonds is 6. The quantitative estimate of drug-likeness (QED) is 0.811. The van der Waals surface area contributed by atoms with Gasteiger partial charge in [-0.05, 0) is 38.8 Å². The highest BCUT2D eigenvalue weighted by Crippen LogP contribution is 2.25. The minimum absolute atomic E-state index is 0.0666. The molecule has 4 heteroatoms. The molecule has 4 nitrogen and oxygen atoms in total. The van der Waals surface area contributed by atoms with Gasteiger partial charge in [-0.25, -0.2) is 0 Å². The number of likely N-dealkylation sites (tertiary alicyclic amines) is 1. The molecule has 20 heavy (non-hydrogen) atoms. The number of hydrogen-bond donors (Lipinski definition) is 1. The fourth-order valence-corrected chi connectivity index (χ4v) is 3.63. The van der Waals surface area contributed by atoms with Crippen molar-refractivity contribution >= 4 is 5.91 Å². The van der Waals surface area contributed by atoms with Crippen molar-refractivity contribution in [1.82, 2.24) is 15.1 Å². The maximum Gasteiger partial charge on any atom is 0.241 e. The minimum atomic E-state index is 0.0666. The van der Waals surface area contributed by atoms with Crippen LogP contribution in [0, 0.1) is 0 Å². The Balaban J connectivity index is 2.02. The molecule has 2 aliphatic rings. The highest BCUT2D eigenvalue weighted by Gasteiger charge is 2.41. The normalized spacial score (nSPS) is 32.0. The van der Waals surface area contributed by atoms with Crippen molar-refractivity contribution in [3.05, 3.63) is 0 Å². The molecular weight excluding hydrogens is 250 g/mol. The van der Waals surface area contributed by atoms with Gasteiger partial charge in [-0.15, -0.1) is 0 Å². The molecule has 3 unspecified atom stereocenters. The first kappa shape index (κ1) is 15.8. The average molecular weight is 281 g/mol. The maximum atomic E-state index is 12.7. The zero-order chi connectivity index (χ0) is 14.5. The summed E-state index contributed by atoms with van der Waals surface area (Å²) in [6.07, 6.45) is 6.95. The molecule has 2 aliphatic heterocycles. The van der Waals surface area contributed by atoms with E-state index < -0.39 is 0 Å². The second-order valence-electron chi connectivity index (χ2n) is 6.22. The molecule has 0 aromatic carbocycles. The molecule has 2 rings (SSSR count). The molecule has 2 fully saturated rings.